The first-order valence-electron chi connectivity index (χ1n) is 7.90. The van der Waals surface area contributed by atoms with E-state index in [-0.39, 0.29) is 17.6 Å². The minimum atomic E-state index is -3.20. The van der Waals surface area contributed by atoms with Gasteiger partial charge in [-0.3, -0.25) is 4.68 Å². The van der Waals surface area contributed by atoms with E-state index in [9.17, 15) is 12.8 Å². The number of anilines is 2. The molecule has 8 nitrogen and oxygen atoms in total. The molecule has 0 aliphatic carbocycles. The van der Waals surface area contributed by atoms with Crippen LogP contribution in [0.1, 0.15) is 5.56 Å². The Kier molecular flexibility index (Phi) is 5.08. The van der Waals surface area contributed by atoms with Gasteiger partial charge >= 0.3 is 0 Å². The second-order valence-electron chi connectivity index (χ2n) is 6.02. The standard InChI is InChI=1S/C17H18FN5O3S/c1-11-7-19-17(21-13-8-20-23(9-13)10-27(3,24)25)22-16(11)12-4-5-15(26-2)14(18)6-12/h4-9H,10H2,1-3H3,(H,19,21,22). The average molecular weight is 391 g/mol. The molecule has 0 aliphatic heterocycles. The molecule has 0 amide bonds. The Bertz CT molecular complexity index is 1080. The van der Waals surface area contributed by atoms with Crippen molar-refractivity contribution in [1.82, 2.24) is 19.7 Å². The first-order chi connectivity index (χ1) is 12.7. The second-order valence-corrected chi connectivity index (χ2v) is 8.13. The summed E-state index contributed by atoms with van der Waals surface area (Å²) in [5.41, 5.74) is 2.47. The van der Waals surface area contributed by atoms with E-state index in [0.717, 1.165) is 11.8 Å². The molecule has 0 fully saturated rings. The summed E-state index contributed by atoms with van der Waals surface area (Å²) in [6.07, 6.45) is 5.76. The lowest BCUT2D eigenvalue weighted by Crippen LogP contribution is -2.08. The smallest absolute Gasteiger partial charge is 0.227 e. The predicted molar refractivity (Wildman–Crippen MR) is 99.1 cm³/mol. The number of rotatable bonds is 6. The lowest BCUT2D eigenvalue weighted by molar-refractivity contribution is 0.386. The maximum Gasteiger partial charge on any atom is 0.227 e. The molecule has 0 spiro atoms. The molecular formula is C17H18FN5O3S. The molecule has 3 rings (SSSR count). The highest BCUT2D eigenvalue weighted by Crippen LogP contribution is 2.27. The van der Waals surface area contributed by atoms with E-state index in [1.54, 1.807) is 12.3 Å². The van der Waals surface area contributed by atoms with Crippen LogP contribution in [0.5, 0.6) is 5.75 Å². The van der Waals surface area contributed by atoms with Crippen LogP contribution in [0.15, 0.2) is 36.8 Å². The topological polar surface area (TPSA) is 99.0 Å². The quantitative estimate of drug-likeness (QED) is 0.689. The largest absolute Gasteiger partial charge is 0.494 e. The van der Waals surface area contributed by atoms with Crippen molar-refractivity contribution in [2.24, 2.45) is 0 Å². The van der Waals surface area contributed by atoms with Crippen LogP contribution >= 0.6 is 0 Å². The molecule has 0 saturated heterocycles. The second kappa shape index (κ2) is 7.31. The summed E-state index contributed by atoms with van der Waals surface area (Å²) in [7, 11) is -1.80. The van der Waals surface area contributed by atoms with Gasteiger partial charge in [0, 0.05) is 24.2 Å². The van der Waals surface area contributed by atoms with Gasteiger partial charge in [-0.2, -0.15) is 5.10 Å². The van der Waals surface area contributed by atoms with E-state index in [0.29, 0.717) is 16.9 Å². The molecule has 27 heavy (non-hydrogen) atoms. The summed E-state index contributed by atoms with van der Waals surface area (Å²) in [5, 5.41) is 6.95. The fraction of sp³-hybridized carbons (Fsp3) is 0.235. The normalized spacial score (nSPS) is 11.4. The molecule has 3 aromatic rings. The van der Waals surface area contributed by atoms with Crippen molar-refractivity contribution >= 4 is 21.5 Å². The van der Waals surface area contributed by atoms with Crippen LogP contribution in [0.3, 0.4) is 0 Å². The van der Waals surface area contributed by atoms with Gasteiger partial charge in [-0.1, -0.05) is 0 Å². The number of aryl methyl sites for hydroxylation is 1. The Labute approximate surface area is 156 Å². The molecule has 0 aliphatic rings. The number of ether oxygens (including phenoxy) is 1. The zero-order valence-corrected chi connectivity index (χ0v) is 15.8. The minimum Gasteiger partial charge on any atom is -0.494 e. The summed E-state index contributed by atoms with van der Waals surface area (Å²) in [5.74, 6) is -0.266. The Morgan fingerprint density at radius 2 is 2.07 bits per heavy atom. The third-order valence-corrected chi connectivity index (χ3v) is 4.39. The molecule has 0 atom stereocenters. The number of sulfone groups is 1. The van der Waals surface area contributed by atoms with Crippen LogP contribution in [0.25, 0.3) is 11.3 Å². The van der Waals surface area contributed by atoms with E-state index >= 15 is 0 Å². The summed E-state index contributed by atoms with van der Waals surface area (Å²) in [6, 6.07) is 4.60. The fourth-order valence-corrected chi connectivity index (χ4v) is 3.10. The number of nitrogens with zero attached hydrogens (tertiary/aromatic N) is 4. The highest BCUT2D eigenvalue weighted by atomic mass is 32.2. The molecule has 1 N–H and O–H groups in total. The molecule has 2 aromatic heterocycles. The van der Waals surface area contributed by atoms with Gasteiger partial charge in [0.15, 0.2) is 21.4 Å². The first kappa shape index (κ1) is 18.8. The molecule has 2 heterocycles. The van der Waals surface area contributed by atoms with Gasteiger partial charge in [-0.05, 0) is 30.7 Å². The Morgan fingerprint density at radius 1 is 1.30 bits per heavy atom. The van der Waals surface area contributed by atoms with Gasteiger partial charge in [0.25, 0.3) is 0 Å². The lowest BCUT2D eigenvalue weighted by Gasteiger charge is -2.09. The maximum absolute atomic E-state index is 14.0. The van der Waals surface area contributed by atoms with Crippen LogP contribution in [0.2, 0.25) is 0 Å². The van der Waals surface area contributed by atoms with E-state index in [2.05, 4.69) is 20.4 Å². The van der Waals surface area contributed by atoms with Gasteiger partial charge in [0.05, 0.1) is 24.7 Å². The predicted octanol–water partition coefficient (Wildman–Crippen LogP) is 2.54. The summed E-state index contributed by atoms with van der Waals surface area (Å²) in [4.78, 5) is 8.64. The van der Waals surface area contributed by atoms with Gasteiger partial charge in [-0.15, -0.1) is 0 Å². The van der Waals surface area contributed by atoms with Crippen LogP contribution < -0.4 is 10.1 Å². The minimum absolute atomic E-state index is 0.155. The molecule has 0 bridgehead atoms. The highest BCUT2D eigenvalue weighted by molar-refractivity contribution is 7.89. The third-order valence-electron chi connectivity index (χ3n) is 3.65. The van der Waals surface area contributed by atoms with Crippen LogP contribution in [-0.2, 0) is 15.7 Å². The fourth-order valence-electron chi connectivity index (χ4n) is 2.48. The number of hydrogen-bond acceptors (Lipinski definition) is 7. The molecule has 10 heteroatoms. The van der Waals surface area contributed by atoms with Gasteiger partial charge < -0.3 is 10.1 Å². The maximum atomic E-state index is 14.0. The average Bonchev–Trinajstić information content (AvgIpc) is 3.01. The third kappa shape index (κ3) is 4.59. The van der Waals surface area contributed by atoms with E-state index in [1.807, 2.05) is 6.92 Å². The summed E-state index contributed by atoms with van der Waals surface area (Å²) < 4.78 is 42.9. The van der Waals surface area contributed by atoms with Crippen molar-refractivity contribution in [3.05, 3.63) is 48.2 Å². The zero-order valence-electron chi connectivity index (χ0n) is 15.0. The molecule has 0 radical (unpaired) electrons. The summed E-state index contributed by atoms with van der Waals surface area (Å²) in [6.45, 7) is 1.82. The number of nitrogens with one attached hydrogen (secondary N) is 1. The van der Waals surface area contributed by atoms with Crippen molar-refractivity contribution in [1.29, 1.82) is 0 Å². The Balaban J connectivity index is 1.86. The molecular weight excluding hydrogens is 373 g/mol. The molecule has 0 unspecified atom stereocenters. The van der Waals surface area contributed by atoms with Crippen LogP contribution in [0.4, 0.5) is 16.0 Å². The van der Waals surface area contributed by atoms with Gasteiger partial charge in [0.1, 0.15) is 5.88 Å². The number of aromatic nitrogens is 4. The van der Waals surface area contributed by atoms with Crippen molar-refractivity contribution in [2.45, 2.75) is 12.8 Å². The van der Waals surface area contributed by atoms with E-state index in [4.69, 9.17) is 4.74 Å². The SMILES string of the molecule is COc1ccc(-c2nc(Nc3cnn(CS(C)(=O)=O)c3)ncc2C)cc1F. The van der Waals surface area contributed by atoms with E-state index in [1.165, 1.54) is 36.3 Å². The number of hydrogen-bond donors (Lipinski definition) is 1. The Morgan fingerprint density at radius 3 is 2.74 bits per heavy atom. The number of halogens is 1. The number of benzene rings is 1. The highest BCUT2D eigenvalue weighted by Gasteiger charge is 2.12. The van der Waals surface area contributed by atoms with Gasteiger partial charge in [-0.25, -0.2) is 22.8 Å². The van der Waals surface area contributed by atoms with Crippen LogP contribution in [0, 0.1) is 12.7 Å². The van der Waals surface area contributed by atoms with Crippen LogP contribution in [-0.4, -0.2) is 41.5 Å². The van der Waals surface area contributed by atoms with Gasteiger partial charge in [0.2, 0.25) is 5.95 Å². The Hall–Kier alpha value is -3.01. The zero-order chi connectivity index (χ0) is 19.6. The summed E-state index contributed by atoms with van der Waals surface area (Å²) >= 11 is 0. The molecule has 1 aromatic carbocycles. The van der Waals surface area contributed by atoms with Crippen molar-refractivity contribution in [2.75, 3.05) is 18.7 Å². The first-order valence-corrected chi connectivity index (χ1v) is 9.96. The number of methoxy groups -OCH3 is 1. The molecule has 142 valence electrons. The monoisotopic (exact) mass is 391 g/mol. The van der Waals surface area contributed by atoms with Crippen molar-refractivity contribution < 1.29 is 17.5 Å². The van der Waals surface area contributed by atoms with Crippen molar-refractivity contribution in [3.63, 3.8) is 0 Å². The van der Waals surface area contributed by atoms with Crippen molar-refractivity contribution in [3.8, 4) is 17.0 Å². The van der Waals surface area contributed by atoms with E-state index < -0.39 is 15.7 Å². The lowest BCUT2D eigenvalue weighted by atomic mass is 10.1. The molecule has 0 saturated carbocycles.